The van der Waals surface area contributed by atoms with E-state index in [9.17, 15) is 20.0 Å². The van der Waals surface area contributed by atoms with Crippen LogP contribution < -0.4 is 5.32 Å². The van der Waals surface area contributed by atoms with Gasteiger partial charge in [0, 0.05) is 12.6 Å². The molecule has 6 nitrogen and oxygen atoms in total. The fraction of sp³-hybridized carbons (Fsp3) is 0.462. The number of nitrogens with zero attached hydrogens (tertiary/aromatic N) is 1. The van der Waals surface area contributed by atoms with Crippen molar-refractivity contribution < 1.29 is 14.8 Å². The van der Waals surface area contributed by atoms with Crippen LogP contribution in [0, 0.1) is 16.0 Å². The van der Waals surface area contributed by atoms with Crippen LogP contribution in [0.5, 0.6) is 0 Å². The van der Waals surface area contributed by atoms with Crippen molar-refractivity contribution in [2.45, 2.75) is 25.4 Å². The van der Waals surface area contributed by atoms with Gasteiger partial charge in [0.2, 0.25) is 0 Å². The average Bonchev–Trinajstić information content (AvgIpc) is 2.81. The summed E-state index contributed by atoms with van der Waals surface area (Å²) in [7, 11) is 0. The molecule has 1 amide bonds. The molecule has 1 aromatic carbocycles. The number of carbonyl (C=O) groups excluding carboxylic acids is 1. The van der Waals surface area contributed by atoms with Crippen LogP contribution in [-0.4, -0.2) is 28.6 Å². The van der Waals surface area contributed by atoms with Crippen LogP contribution in [0.4, 0.5) is 5.69 Å². The lowest BCUT2D eigenvalue weighted by Crippen LogP contribution is -2.29. The van der Waals surface area contributed by atoms with Gasteiger partial charge in [0.1, 0.15) is 5.02 Å². The van der Waals surface area contributed by atoms with E-state index in [-0.39, 0.29) is 28.3 Å². The maximum atomic E-state index is 12.0. The van der Waals surface area contributed by atoms with Crippen molar-refractivity contribution in [3.8, 4) is 0 Å². The number of nitro benzene ring substituents is 1. The Morgan fingerprint density at radius 2 is 2.25 bits per heavy atom. The van der Waals surface area contributed by atoms with Gasteiger partial charge < -0.3 is 10.4 Å². The molecule has 0 saturated heterocycles. The predicted molar refractivity (Wildman–Crippen MR) is 73.8 cm³/mol. The van der Waals surface area contributed by atoms with E-state index in [4.69, 9.17) is 11.6 Å². The van der Waals surface area contributed by atoms with E-state index in [1.165, 1.54) is 18.2 Å². The highest BCUT2D eigenvalue weighted by Gasteiger charge is 2.24. The third kappa shape index (κ3) is 3.26. The number of aliphatic hydroxyl groups excluding tert-OH is 1. The zero-order valence-corrected chi connectivity index (χ0v) is 11.5. The summed E-state index contributed by atoms with van der Waals surface area (Å²) in [5.41, 5.74) is -0.185. The molecular formula is C13H15ClN2O4. The molecule has 1 saturated carbocycles. The number of nitro groups is 1. The van der Waals surface area contributed by atoms with Crippen molar-refractivity contribution in [3.05, 3.63) is 38.9 Å². The van der Waals surface area contributed by atoms with Crippen LogP contribution in [0.3, 0.4) is 0 Å². The van der Waals surface area contributed by atoms with Gasteiger partial charge >= 0.3 is 0 Å². The molecule has 1 aliphatic rings. The first-order valence-electron chi connectivity index (χ1n) is 6.38. The maximum Gasteiger partial charge on any atom is 0.288 e. The van der Waals surface area contributed by atoms with E-state index < -0.39 is 10.8 Å². The lowest BCUT2D eigenvalue weighted by Gasteiger charge is -2.11. The van der Waals surface area contributed by atoms with E-state index in [1.807, 2.05) is 0 Å². The third-order valence-corrected chi connectivity index (χ3v) is 3.88. The smallest absolute Gasteiger partial charge is 0.288 e. The molecule has 7 heteroatoms. The average molecular weight is 299 g/mol. The standard InChI is InChI=1S/C13H15ClN2O4/c14-12-10(2-1-3-11(12)16(19)20)13(18)15-7-8-4-5-9(17)6-8/h1-3,8-9,17H,4-7H2,(H,15,18). The molecule has 1 fully saturated rings. The molecule has 2 atom stereocenters. The topological polar surface area (TPSA) is 92.5 Å². The van der Waals surface area contributed by atoms with Crippen LogP contribution in [-0.2, 0) is 0 Å². The van der Waals surface area contributed by atoms with E-state index in [0.29, 0.717) is 13.0 Å². The SMILES string of the molecule is O=C(NCC1CCC(O)C1)c1cccc([N+](=O)[O-])c1Cl. The predicted octanol–water partition coefficient (Wildman–Crippen LogP) is 2.14. The van der Waals surface area contributed by atoms with E-state index >= 15 is 0 Å². The zero-order chi connectivity index (χ0) is 14.7. The molecular weight excluding hydrogens is 284 g/mol. The van der Waals surface area contributed by atoms with Gasteiger partial charge in [-0.25, -0.2) is 0 Å². The monoisotopic (exact) mass is 298 g/mol. The minimum atomic E-state index is -0.619. The first-order valence-corrected chi connectivity index (χ1v) is 6.76. The quantitative estimate of drug-likeness (QED) is 0.658. The van der Waals surface area contributed by atoms with Crippen molar-refractivity contribution in [3.63, 3.8) is 0 Å². The highest BCUT2D eigenvalue weighted by atomic mass is 35.5. The van der Waals surface area contributed by atoms with E-state index in [2.05, 4.69) is 5.32 Å². The Morgan fingerprint density at radius 3 is 2.85 bits per heavy atom. The lowest BCUT2D eigenvalue weighted by molar-refractivity contribution is -0.384. The number of aliphatic hydroxyl groups is 1. The second-order valence-corrected chi connectivity index (χ2v) is 5.32. The molecule has 0 aromatic heterocycles. The molecule has 1 aromatic rings. The molecule has 2 N–H and O–H groups in total. The maximum absolute atomic E-state index is 12.0. The van der Waals surface area contributed by atoms with Gasteiger partial charge in [-0.3, -0.25) is 14.9 Å². The molecule has 0 bridgehead atoms. The normalized spacial score (nSPS) is 21.7. The summed E-state index contributed by atoms with van der Waals surface area (Å²) in [6.45, 7) is 0.439. The molecule has 0 heterocycles. The number of rotatable bonds is 4. The molecule has 0 aliphatic heterocycles. The molecule has 108 valence electrons. The van der Waals surface area contributed by atoms with Gasteiger partial charge in [0.25, 0.3) is 11.6 Å². The molecule has 2 rings (SSSR count). The number of nitrogens with one attached hydrogen (secondary N) is 1. The van der Waals surface area contributed by atoms with Gasteiger partial charge in [0.15, 0.2) is 0 Å². The number of halogens is 1. The summed E-state index contributed by atoms with van der Waals surface area (Å²) in [5, 5.41) is 22.7. The molecule has 1 aliphatic carbocycles. The second kappa shape index (κ2) is 6.19. The largest absolute Gasteiger partial charge is 0.393 e. The van der Waals surface area contributed by atoms with Gasteiger partial charge in [-0.05, 0) is 31.2 Å². The van der Waals surface area contributed by atoms with Crippen LogP contribution >= 0.6 is 11.6 Å². The summed E-state index contributed by atoms with van der Waals surface area (Å²) in [4.78, 5) is 22.1. The van der Waals surface area contributed by atoms with Gasteiger partial charge in [-0.1, -0.05) is 17.7 Å². The summed E-state index contributed by atoms with van der Waals surface area (Å²) in [6.07, 6.45) is 1.99. The first-order chi connectivity index (χ1) is 9.49. The van der Waals surface area contributed by atoms with Crippen LogP contribution in [0.1, 0.15) is 29.6 Å². The fourth-order valence-corrected chi connectivity index (χ4v) is 2.68. The van der Waals surface area contributed by atoms with Crippen molar-refractivity contribution in [2.24, 2.45) is 5.92 Å². The van der Waals surface area contributed by atoms with Gasteiger partial charge in [-0.2, -0.15) is 0 Å². The van der Waals surface area contributed by atoms with Crippen molar-refractivity contribution in [2.75, 3.05) is 6.54 Å². The molecule has 2 unspecified atom stereocenters. The third-order valence-electron chi connectivity index (χ3n) is 3.48. The minimum absolute atomic E-state index is 0.0967. The first kappa shape index (κ1) is 14.7. The van der Waals surface area contributed by atoms with Gasteiger partial charge in [-0.15, -0.1) is 0 Å². The Labute approximate surface area is 120 Å². The molecule has 20 heavy (non-hydrogen) atoms. The molecule has 0 spiro atoms. The fourth-order valence-electron chi connectivity index (χ4n) is 2.40. The summed E-state index contributed by atoms with van der Waals surface area (Å²) >= 11 is 5.87. The van der Waals surface area contributed by atoms with Crippen LogP contribution in [0.2, 0.25) is 5.02 Å². The number of amides is 1. The van der Waals surface area contributed by atoms with E-state index in [1.54, 1.807) is 0 Å². The Kier molecular flexibility index (Phi) is 4.57. The number of benzene rings is 1. The number of carbonyl (C=O) groups is 1. The number of hydrogen-bond donors (Lipinski definition) is 2. The lowest BCUT2D eigenvalue weighted by atomic mass is 10.1. The Hall–Kier alpha value is -1.66. The Bertz CT molecular complexity index is 535. The Balaban J connectivity index is 2.02. The van der Waals surface area contributed by atoms with E-state index in [0.717, 1.165) is 12.8 Å². The zero-order valence-electron chi connectivity index (χ0n) is 10.7. The second-order valence-electron chi connectivity index (χ2n) is 4.94. The van der Waals surface area contributed by atoms with Crippen molar-refractivity contribution in [1.82, 2.24) is 5.32 Å². The van der Waals surface area contributed by atoms with Crippen LogP contribution in [0.15, 0.2) is 18.2 Å². The highest BCUT2D eigenvalue weighted by molar-refractivity contribution is 6.35. The molecule has 0 radical (unpaired) electrons. The van der Waals surface area contributed by atoms with Crippen LogP contribution in [0.25, 0.3) is 0 Å². The summed E-state index contributed by atoms with van der Waals surface area (Å²) < 4.78 is 0. The number of hydrogen-bond acceptors (Lipinski definition) is 4. The summed E-state index contributed by atoms with van der Waals surface area (Å²) in [5.74, 6) is -0.188. The minimum Gasteiger partial charge on any atom is -0.393 e. The Morgan fingerprint density at radius 1 is 1.50 bits per heavy atom. The van der Waals surface area contributed by atoms with Crippen molar-refractivity contribution in [1.29, 1.82) is 0 Å². The highest BCUT2D eigenvalue weighted by Crippen LogP contribution is 2.28. The van der Waals surface area contributed by atoms with Crippen molar-refractivity contribution >= 4 is 23.2 Å². The summed E-state index contributed by atoms with van der Waals surface area (Å²) in [6, 6.07) is 4.14. The van der Waals surface area contributed by atoms with Gasteiger partial charge in [0.05, 0.1) is 16.6 Å².